The molecule has 1 saturated heterocycles. The second-order valence-electron chi connectivity index (χ2n) is 6.97. The zero-order chi connectivity index (χ0) is 17.6. The summed E-state index contributed by atoms with van der Waals surface area (Å²) in [7, 11) is 0. The van der Waals surface area contributed by atoms with Crippen molar-refractivity contribution in [1.82, 2.24) is 20.4 Å². The standard InChI is InChI=1S/C19H26N4O2/c1-14(2)19-21-18(25-22-19)9-8-17(24)20-16-10-11-23(13-16)12-15-6-4-3-5-7-15/h3-7,14,16H,8-13H2,1-2H3,(H,20,24)/t16-/m0/s1. The number of benzene rings is 1. The second kappa shape index (κ2) is 8.25. The summed E-state index contributed by atoms with van der Waals surface area (Å²) in [4.78, 5) is 18.8. The van der Waals surface area contributed by atoms with E-state index in [-0.39, 0.29) is 17.9 Å². The zero-order valence-corrected chi connectivity index (χ0v) is 14.9. The predicted octanol–water partition coefficient (Wildman–Crippen LogP) is 2.52. The monoisotopic (exact) mass is 342 g/mol. The van der Waals surface area contributed by atoms with Gasteiger partial charge in [0, 0.05) is 44.4 Å². The molecular formula is C19H26N4O2. The van der Waals surface area contributed by atoms with Gasteiger partial charge in [0.05, 0.1) is 0 Å². The van der Waals surface area contributed by atoms with Crippen LogP contribution in [0.5, 0.6) is 0 Å². The van der Waals surface area contributed by atoms with Crippen molar-refractivity contribution in [2.24, 2.45) is 0 Å². The average molecular weight is 342 g/mol. The molecule has 0 radical (unpaired) electrons. The topological polar surface area (TPSA) is 71.3 Å². The number of carbonyl (C=O) groups is 1. The molecule has 2 aromatic rings. The molecule has 1 aliphatic heterocycles. The highest BCUT2D eigenvalue weighted by Gasteiger charge is 2.24. The first-order valence-electron chi connectivity index (χ1n) is 8.98. The second-order valence-corrected chi connectivity index (χ2v) is 6.97. The minimum absolute atomic E-state index is 0.0517. The van der Waals surface area contributed by atoms with Crippen molar-refractivity contribution in [3.8, 4) is 0 Å². The van der Waals surface area contributed by atoms with Crippen LogP contribution in [0.4, 0.5) is 0 Å². The third kappa shape index (κ3) is 5.13. The van der Waals surface area contributed by atoms with Gasteiger partial charge in [-0.15, -0.1) is 0 Å². The Balaban J connectivity index is 1.39. The Labute approximate surface area is 148 Å². The molecule has 1 aromatic heterocycles. The molecule has 1 atom stereocenters. The van der Waals surface area contributed by atoms with Gasteiger partial charge in [-0.25, -0.2) is 0 Å². The summed E-state index contributed by atoms with van der Waals surface area (Å²) in [6, 6.07) is 10.7. The maximum atomic E-state index is 12.2. The molecule has 1 N–H and O–H groups in total. The molecule has 0 saturated carbocycles. The van der Waals surface area contributed by atoms with Crippen LogP contribution in [0.15, 0.2) is 34.9 Å². The summed E-state index contributed by atoms with van der Waals surface area (Å²) < 4.78 is 5.18. The van der Waals surface area contributed by atoms with Crippen molar-refractivity contribution >= 4 is 5.91 Å². The quantitative estimate of drug-likeness (QED) is 0.837. The fourth-order valence-corrected chi connectivity index (χ4v) is 3.06. The molecule has 0 spiro atoms. The van der Waals surface area contributed by atoms with Crippen molar-refractivity contribution in [3.05, 3.63) is 47.6 Å². The van der Waals surface area contributed by atoms with Crippen LogP contribution in [0.2, 0.25) is 0 Å². The van der Waals surface area contributed by atoms with Crippen LogP contribution in [0, 0.1) is 0 Å². The number of nitrogens with zero attached hydrogens (tertiary/aromatic N) is 3. The lowest BCUT2D eigenvalue weighted by Gasteiger charge is -2.16. The SMILES string of the molecule is CC(C)c1noc(CCC(=O)N[C@H]2CCN(Cc3ccccc3)C2)n1. The minimum Gasteiger partial charge on any atom is -0.352 e. The maximum Gasteiger partial charge on any atom is 0.227 e. The van der Waals surface area contributed by atoms with E-state index in [1.54, 1.807) is 0 Å². The summed E-state index contributed by atoms with van der Waals surface area (Å²) in [6.07, 6.45) is 1.87. The molecule has 1 aromatic carbocycles. The Kier molecular flexibility index (Phi) is 5.81. The first kappa shape index (κ1) is 17.6. The molecule has 0 aliphatic carbocycles. The van der Waals surface area contributed by atoms with Gasteiger partial charge in [-0.1, -0.05) is 49.3 Å². The first-order valence-corrected chi connectivity index (χ1v) is 8.98. The van der Waals surface area contributed by atoms with Crippen LogP contribution in [0.1, 0.15) is 49.9 Å². The van der Waals surface area contributed by atoms with Gasteiger partial charge in [-0.2, -0.15) is 4.98 Å². The highest BCUT2D eigenvalue weighted by atomic mass is 16.5. The van der Waals surface area contributed by atoms with Crippen molar-refractivity contribution in [2.45, 2.75) is 51.6 Å². The van der Waals surface area contributed by atoms with Crippen LogP contribution in [-0.2, 0) is 17.8 Å². The van der Waals surface area contributed by atoms with Gasteiger partial charge in [0.1, 0.15) is 0 Å². The average Bonchev–Trinajstić information content (AvgIpc) is 3.23. The van der Waals surface area contributed by atoms with Crippen molar-refractivity contribution in [1.29, 1.82) is 0 Å². The number of hydrogen-bond acceptors (Lipinski definition) is 5. The van der Waals surface area contributed by atoms with Gasteiger partial charge in [0.15, 0.2) is 5.82 Å². The van der Waals surface area contributed by atoms with E-state index in [4.69, 9.17) is 4.52 Å². The summed E-state index contributed by atoms with van der Waals surface area (Å²) in [5, 5.41) is 7.05. The Morgan fingerprint density at radius 2 is 2.16 bits per heavy atom. The number of nitrogens with one attached hydrogen (secondary N) is 1. The predicted molar refractivity (Wildman–Crippen MR) is 95.0 cm³/mol. The maximum absolute atomic E-state index is 12.2. The molecule has 1 fully saturated rings. The van der Waals surface area contributed by atoms with Gasteiger partial charge >= 0.3 is 0 Å². The number of likely N-dealkylation sites (tertiary alicyclic amines) is 1. The number of amides is 1. The van der Waals surface area contributed by atoms with E-state index in [1.165, 1.54) is 5.56 Å². The smallest absolute Gasteiger partial charge is 0.227 e. The van der Waals surface area contributed by atoms with Gasteiger partial charge < -0.3 is 9.84 Å². The third-order valence-electron chi connectivity index (χ3n) is 4.45. The molecule has 134 valence electrons. The Morgan fingerprint density at radius 1 is 1.36 bits per heavy atom. The number of hydrogen-bond donors (Lipinski definition) is 1. The van der Waals surface area contributed by atoms with Gasteiger partial charge in [-0.05, 0) is 12.0 Å². The van der Waals surface area contributed by atoms with Crippen LogP contribution in [0.25, 0.3) is 0 Å². The highest BCUT2D eigenvalue weighted by Crippen LogP contribution is 2.14. The van der Waals surface area contributed by atoms with Crippen molar-refractivity contribution in [2.75, 3.05) is 13.1 Å². The lowest BCUT2D eigenvalue weighted by Crippen LogP contribution is -2.37. The Hall–Kier alpha value is -2.21. The van der Waals surface area contributed by atoms with E-state index >= 15 is 0 Å². The van der Waals surface area contributed by atoms with Crippen molar-refractivity contribution in [3.63, 3.8) is 0 Å². The van der Waals surface area contributed by atoms with Gasteiger partial charge in [0.25, 0.3) is 0 Å². The van der Waals surface area contributed by atoms with Crippen LogP contribution >= 0.6 is 0 Å². The minimum atomic E-state index is 0.0517. The van der Waals surface area contributed by atoms with E-state index in [9.17, 15) is 4.79 Å². The molecule has 6 nitrogen and oxygen atoms in total. The molecule has 1 aliphatic rings. The fourth-order valence-electron chi connectivity index (χ4n) is 3.06. The zero-order valence-electron chi connectivity index (χ0n) is 14.9. The molecule has 0 unspecified atom stereocenters. The van der Waals surface area contributed by atoms with Crippen molar-refractivity contribution < 1.29 is 9.32 Å². The summed E-state index contributed by atoms with van der Waals surface area (Å²) in [5.41, 5.74) is 1.31. The van der Waals surface area contributed by atoms with E-state index < -0.39 is 0 Å². The van der Waals surface area contributed by atoms with Gasteiger partial charge in [-0.3, -0.25) is 9.69 Å². The van der Waals surface area contributed by atoms with Crippen LogP contribution < -0.4 is 5.32 Å². The highest BCUT2D eigenvalue weighted by molar-refractivity contribution is 5.76. The van der Waals surface area contributed by atoms with Crippen LogP contribution in [-0.4, -0.2) is 40.1 Å². The molecule has 0 bridgehead atoms. The van der Waals surface area contributed by atoms with E-state index in [0.717, 1.165) is 26.1 Å². The van der Waals surface area contributed by atoms with E-state index in [2.05, 4.69) is 44.6 Å². The van der Waals surface area contributed by atoms with E-state index in [0.29, 0.717) is 24.6 Å². The summed E-state index contributed by atoms with van der Waals surface area (Å²) in [6.45, 7) is 6.89. The number of carbonyl (C=O) groups excluding carboxylic acids is 1. The molecule has 6 heteroatoms. The Bertz CT molecular complexity index is 684. The number of rotatable bonds is 7. The molecule has 2 heterocycles. The number of aromatic nitrogens is 2. The summed E-state index contributed by atoms with van der Waals surface area (Å²) in [5.74, 6) is 1.52. The number of aryl methyl sites for hydroxylation is 1. The van der Waals surface area contributed by atoms with Gasteiger partial charge in [0.2, 0.25) is 11.8 Å². The first-order chi connectivity index (χ1) is 12.1. The fraction of sp³-hybridized carbons (Fsp3) is 0.526. The normalized spacial score (nSPS) is 18.0. The Morgan fingerprint density at radius 3 is 2.88 bits per heavy atom. The third-order valence-corrected chi connectivity index (χ3v) is 4.45. The largest absolute Gasteiger partial charge is 0.352 e. The molecule has 25 heavy (non-hydrogen) atoms. The summed E-state index contributed by atoms with van der Waals surface area (Å²) >= 11 is 0. The molecule has 3 rings (SSSR count). The lowest BCUT2D eigenvalue weighted by molar-refractivity contribution is -0.121. The van der Waals surface area contributed by atoms with E-state index in [1.807, 2.05) is 19.9 Å². The molecular weight excluding hydrogens is 316 g/mol. The lowest BCUT2D eigenvalue weighted by atomic mass is 10.2. The van der Waals surface area contributed by atoms with Crippen LogP contribution in [0.3, 0.4) is 0 Å². The molecule has 1 amide bonds.